The number of hydrogen-bond donors (Lipinski definition) is 1. The van der Waals surface area contributed by atoms with Crippen LogP contribution in [0.5, 0.6) is 0 Å². The number of para-hydroxylation sites is 1. The Labute approximate surface area is 124 Å². The fourth-order valence-electron chi connectivity index (χ4n) is 2.73. The van der Waals surface area contributed by atoms with Gasteiger partial charge in [0.15, 0.2) is 0 Å². The smallest absolute Gasteiger partial charge is 0.258 e. The molecule has 4 nitrogen and oxygen atoms in total. The predicted octanol–water partition coefficient (Wildman–Crippen LogP) is 2.89. The van der Waals surface area contributed by atoms with Crippen LogP contribution in [0, 0.1) is 0 Å². The maximum Gasteiger partial charge on any atom is 0.258 e. The van der Waals surface area contributed by atoms with Gasteiger partial charge in [0, 0.05) is 30.5 Å². The molecule has 1 aliphatic heterocycles. The van der Waals surface area contributed by atoms with Gasteiger partial charge < -0.3 is 10.2 Å². The molecule has 0 radical (unpaired) electrons. The Balaban J connectivity index is 1.96. The maximum atomic E-state index is 12.8. The van der Waals surface area contributed by atoms with Crippen molar-refractivity contribution in [3.8, 4) is 0 Å². The summed E-state index contributed by atoms with van der Waals surface area (Å²) in [6, 6.07) is 11.8. The lowest BCUT2D eigenvalue weighted by Gasteiger charge is -2.18. The quantitative estimate of drug-likeness (QED) is 0.941. The number of aryl methyl sites for hydroxylation is 1. The van der Waals surface area contributed by atoms with Crippen LogP contribution in [0.1, 0.15) is 28.5 Å². The Morgan fingerprint density at radius 1 is 1.33 bits per heavy atom. The number of nitrogens with one attached hydrogen (secondary N) is 1. The zero-order chi connectivity index (χ0) is 14.8. The van der Waals surface area contributed by atoms with Crippen LogP contribution in [0.2, 0.25) is 0 Å². The number of aromatic nitrogens is 1. The summed E-state index contributed by atoms with van der Waals surface area (Å²) in [6.07, 6.45) is 1.74. The summed E-state index contributed by atoms with van der Waals surface area (Å²) in [6.45, 7) is 2.79. The molecule has 0 fully saturated rings. The molecule has 0 saturated carbocycles. The molecule has 1 aromatic carbocycles. The Morgan fingerprint density at radius 3 is 2.90 bits per heavy atom. The molecule has 0 spiro atoms. The first kappa shape index (κ1) is 13.6. The molecule has 3 rings (SSSR count). The van der Waals surface area contributed by atoms with Crippen molar-refractivity contribution in [3.05, 3.63) is 53.2 Å². The highest BCUT2D eigenvalue weighted by Crippen LogP contribution is 2.29. The number of fused-ring (bicyclic) bond motifs is 1. The first-order chi connectivity index (χ1) is 10.2. The summed E-state index contributed by atoms with van der Waals surface area (Å²) in [5.41, 5.74) is 3.90. The topological polar surface area (TPSA) is 45.2 Å². The molecule has 1 aromatic heterocycles. The van der Waals surface area contributed by atoms with Gasteiger partial charge in [0.1, 0.15) is 5.82 Å². The largest absolute Gasteiger partial charge is 0.373 e. The highest BCUT2D eigenvalue weighted by Gasteiger charge is 2.25. The number of anilines is 2. The summed E-state index contributed by atoms with van der Waals surface area (Å²) in [4.78, 5) is 19.1. The molecule has 0 saturated heterocycles. The fraction of sp³-hybridized carbons (Fsp3) is 0.294. The van der Waals surface area contributed by atoms with E-state index in [9.17, 15) is 4.79 Å². The molecule has 4 heteroatoms. The van der Waals surface area contributed by atoms with Crippen LogP contribution < -0.4 is 10.2 Å². The Kier molecular flexibility index (Phi) is 3.60. The highest BCUT2D eigenvalue weighted by atomic mass is 16.2. The number of amides is 1. The van der Waals surface area contributed by atoms with Gasteiger partial charge >= 0.3 is 0 Å². The van der Waals surface area contributed by atoms with E-state index in [1.165, 1.54) is 5.56 Å². The van der Waals surface area contributed by atoms with Crippen LogP contribution in [0.4, 0.5) is 11.5 Å². The van der Waals surface area contributed by atoms with E-state index < -0.39 is 0 Å². The molecule has 0 unspecified atom stereocenters. The van der Waals surface area contributed by atoms with Gasteiger partial charge in [-0.1, -0.05) is 25.1 Å². The van der Waals surface area contributed by atoms with E-state index in [-0.39, 0.29) is 5.91 Å². The van der Waals surface area contributed by atoms with Gasteiger partial charge in [-0.05, 0) is 36.6 Å². The van der Waals surface area contributed by atoms with E-state index in [1.54, 1.807) is 0 Å². The molecule has 2 aromatic rings. The zero-order valence-electron chi connectivity index (χ0n) is 12.4. The zero-order valence-corrected chi connectivity index (χ0v) is 12.4. The number of carbonyl (C=O) groups is 1. The number of nitrogens with zero attached hydrogens (tertiary/aromatic N) is 2. The summed E-state index contributed by atoms with van der Waals surface area (Å²) >= 11 is 0. The number of benzene rings is 1. The molecule has 21 heavy (non-hydrogen) atoms. The second-order valence-corrected chi connectivity index (χ2v) is 5.17. The Morgan fingerprint density at radius 2 is 2.14 bits per heavy atom. The summed E-state index contributed by atoms with van der Waals surface area (Å²) < 4.78 is 0. The maximum absolute atomic E-state index is 12.8. The van der Waals surface area contributed by atoms with E-state index in [2.05, 4.69) is 16.4 Å². The molecule has 0 aliphatic carbocycles. The second kappa shape index (κ2) is 5.56. The van der Waals surface area contributed by atoms with E-state index >= 15 is 0 Å². The summed E-state index contributed by atoms with van der Waals surface area (Å²) in [5.74, 6) is 0.790. The lowest BCUT2D eigenvalue weighted by atomic mass is 10.1. The second-order valence-electron chi connectivity index (χ2n) is 5.17. The molecular formula is C17H19N3O. The number of rotatable bonds is 3. The van der Waals surface area contributed by atoms with Crippen molar-refractivity contribution < 1.29 is 4.79 Å². The average molecular weight is 281 g/mol. The molecular weight excluding hydrogens is 262 g/mol. The lowest BCUT2D eigenvalue weighted by Crippen LogP contribution is -2.29. The first-order valence-corrected chi connectivity index (χ1v) is 7.31. The van der Waals surface area contributed by atoms with Crippen LogP contribution in [0.25, 0.3) is 0 Å². The minimum absolute atomic E-state index is 0.0496. The number of pyridine rings is 1. The van der Waals surface area contributed by atoms with Crippen LogP contribution in [0.15, 0.2) is 36.4 Å². The van der Waals surface area contributed by atoms with Crippen LogP contribution >= 0.6 is 0 Å². The van der Waals surface area contributed by atoms with Gasteiger partial charge in [0.2, 0.25) is 0 Å². The Bertz CT molecular complexity index is 659. The van der Waals surface area contributed by atoms with Crippen LogP contribution in [-0.4, -0.2) is 24.5 Å². The predicted molar refractivity (Wildman–Crippen MR) is 85.0 cm³/mol. The van der Waals surface area contributed by atoms with Crippen molar-refractivity contribution in [2.45, 2.75) is 19.8 Å². The normalized spacial score (nSPS) is 13.1. The van der Waals surface area contributed by atoms with Crippen molar-refractivity contribution in [2.75, 3.05) is 23.8 Å². The van der Waals surface area contributed by atoms with Gasteiger partial charge in [-0.3, -0.25) is 4.79 Å². The van der Waals surface area contributed by atoms with E-state index in [4.69, 9.17) is 0 Å². The third kappa shape index (κ3) is 2.49. The van der Waals surface area contributed by atoms with Gasteiger partial charge in [-0.2, -0.15) is 0 Å². The minimum Gasteiger partial charge on any atom is -0.373 e. The van der Waals surface area contributed by atoms with Crippen LogP contribution in [0.3, 0.4) is 0 Å². The average Bonchev–Trinajstić information content (AvgIpc) is 2.97. The third-order valence-corrected chi connectivity index (χ3v) is 3.88. The van der Waals surface area contributed by atoms with E-state index in [0.29, 0.717) is 5.56 Å². The molecule has 1 N–H and O–H groups in total. The van der Waals surface area contributed by atoms with E-state index in [0.717, 1.165) is 36.6 Å². The molecule has 108 valence electrons. The number of hydrogen-bond acceptors (Lipinski definition) is 3. The SMILES string of the molecule is CCc1cc(C(=O)N2CCc3ccccc32)cc(NC)n1. The van der Waals surface area contributed by atoms with Crippen molar-refractivity contribution in [2.24, 2.45) is 0 Å². The monoisotopic (exact) mass is 281 g/mol. The van der Waals surface area contributed by atoms with Crippen molar-refractivity contribution >= 4 is 17.4 Å². The fourth-order valence-corrected chi connectivity index (χ4v) is 2.73. The molecule has 0 bridgehead atoms. The van der Waals surface area contributed by atoms with E-state index in [1.807, 2.05) is 49.2 Å². The van der Waals surface area contributed by atoms with Crippen molar-refractivity contribution in [3.63, 3.8) is 0 Å². The first-order valence-electron chi connectivity index (χ1n) is 7.31. The standard InChI is InChI=1S/C17H19N3O/c1-3-14-10-13(11-16(18-2)19-14)17(21)20-9-8-12-6-4-5-7-15(12)20/h4-7,10-11H,3,8-9H2,1-2H3,(H,18,19). The van der Waals surface area contributed by atoms with Gasteiger partial charge in [-0.15, -0.1) is 0 Å². The van der Waals surface area contributed by atoms with Gasteiger partial charge in [-0.25, -0.2) is 4.98 Å². The molecule has 1 amide bonds. The van der Waals surface area contributed by atoms with Crippen molar-refractivity contribution in [1.82, 2.24) is 4.98 Å². The van der Waals surface area contributed by atoms with Gasteiger partial charge in [0.25, 0.3) is 5.91 Å². The third-order valence-electron chi connectivity index (χ3n) is 3.88. The minimum atomic E-state index is 0.0496. The summed E-state index contributed by atoms with van der Waals surface area (Å²) in [7, 11) is 1.82. The molecule has 0 atom stereocenters. The molecule has 1 aliphatic rings. The lowest BCUT2D eigenvalue weighted by molar-refractivity contribution is 0.0989. The highest BCUT2D eigenvalue weighted by molar-refractivity contribution is 6.07. The number of carbonyl (C=O) groups excluding carboxylic acids is 1. The summed E-state index contributed by atoms with van der Waals surface area (Å²) in [5, 5.41) is 3.02. The van der Waals surface area contributed by atoms with Gasteiger partial charge in [0.05, 0.1) is 0 Å². The Hall–Kier alpha value is -2.36. The molecule has 2 heterocycles. The van der Waals surface area contributed by atoms with Crippen molar-refractivity contribution in [1.29, 1.82) is 0 Å². The van der Waals surface area contributed by atoms with Crippen LogP contribution in [-0.2, 0) is 12.8 Å².